The third-order valence-corrected chi connectivity index (χ3v) is 2.52. The van der Waals surface area contributed by atoms with E-state index in [1.165, 1.54) is 18.2 Å². The van der Waals surface area contributed by atoms with Crippen LogP contribution in [-0.2, 0) is 0 Å². The van der Waals surface area contributed by atoms with Crippen LogP contribution in [0, 0.1) is 0 Å². The van der Waals surface area contributed by atoms with Crippen molar-refractivity contribution < 1.29 is 19.8 Å². The van der Waals surface area contributed by atoms with Crippen molar-refractivity contribution in [1.82, 2.24) is 0 Å². The second kappa shape index (κ2) is 7.28. The summed E-state index contributed by atoms with van der Waals surface area (Å²) >= 11 is 0. The van der Waals surface area contributed by atoms with Gasteiger partial charge in [-0.05, 0) is 24.3 Å². The molecule has 2 rings (SSSR count). The van der Waals surface area contributed by atoms with E-state index in [0.29, 0.717) is 11.3 Å². The molecule has 0 aliphatic carbocycles. The molecule has 0 aromatic heterocycles. The Morgan fingerprint density at radius 3 is 2.20 bits per heavy atom. The Hall–Kier alpha value is -1.56. The fraction of sp³-hybridized carbons (Fsp3) is 0. The van der Waals surface area contributed by atoms with E-state index in [4.69, 9.17) is 5.11 Å². The van der Waals surface area contributed by atoms with E-state index in [2.05, 4.69) is 5.32 Å². The third-order valence-electron chi connectivity index (χ3n) is 2.52. The topological polar surface area (TPSA) is 86.6 Å². The maximum atomic E-state index is 11.8. The Kier molecular flexibility index (Phi) is 6.01. The minimum absolute atomic E-state index is 0. The first-order chi connectivity index (χ1) is 9.08. The summed E-state index contributed by atoms with van der Waals surface area (Å²) in [7, 11) is 0. The van der Waals surface area contributed by atoms with Gasteiger partial charge in [-0.15, -0.1) is 0 Å². The number of nitrogens with one attached hydrogen (secondary N) is 1. The number of rotatable bonds is 3. The zero-order valence-electron chi connectivity index (χ0n) is 10.5. The summed E-state index contributed by atoms with van der Waals surface area (Å²) < 4.78 is 0. The zero-order valence-corrected chi connectivity index (χ0v) is 12.7. The van der Waals surface area contributed by atoms with E-state index >= 15 is 0 Å². The molecule has 0 saturated carbocycles. The molecule has 0 aliphatic heterocycles. The molecule has 2 radical (unpaired) electrons. The van der Waals surface area contributed by atoms with Gasteiger partial charge in [0.2, 0.25) is 0 Å². The third kappa shape index (κ3) is 3.96. The molecule has 3 N–H and O–H groups in total. The predicted octanol–water partition coefficient (Wildman–Crippen LogP) is 1.96. The zero-order chi connectivity index (χ0) is 13.8. The molecular formula is C14H11CaNO4. The normalized spacial score (nSPS) is 9.40. The second-order valence-corrected chi connectivity index (χ2v) is 3.86. The Balaban J connectivity index is 0.00000200. The van der Waals surface area contributed by atoms with Crippen LogP contribution in [0.3, 0.4) is 0 Å². The van der Waals surface area contributed by atoms with Gasteiger partial charge in [0.15, 0.2) is 0 Å². The van der Waals surface area contributed by atoms with Crippen molar-refractivity contribution in [2.24, 2.45) is 0 Å². The van der Waals surface area contributed by atoms with Gasteiger partial charge >= 0.3 is 5.97 Å². The van der Waals surface area contributed by atoms with Crippen molar-refractivity contribution in [2.45, 2.75) is 0 Å². The van der Waals surface area contributed by atoms with Gasteiger partial charge in [0.25, 0.3) is 5.91 Å². The first-order valence-electron chi connectivity index (χ1n) is 5.50. The van der Waals surface area contributed by atoms with Crippen LogP contribution < -0.4 is 5.32 Å². The van der Waals surface area contributed by atoms with E-state index in [1.807, 2.05) is 0 Å². The number of carboxylic acid groups (broad SMARTS) is 1. The number of carbonyl (C=O) groups excluding carboxylic acids is 1. The molecule has 98 valence electrons. The molecule has 20 heavy (non-hydrogen) atoms. The number of hydrogen-bond donors (Lipinski definition) is 3. The molecular weight excluding hydrogens is 286 g/mol. The van der Waals surface area contributed by atoms with Crippen LogP contribution in [0.25, 0.3) is 0 Å². The van der Waals surface area contributed by atoms with E-state index in [0.717, 1.165) is 0 Å². The molecule has 5 nitrogen and oxygen atoms in total. The van der Waals surface area contributed by atoms with Crippen LogP contribution in [0.5, 0.6) is 5.75 Å². The Bertz CT molecular complexity index is 628. The summed E-state index contributed by atoms with van der Waals surface area (Å²) in [6, 6.07) is 12.4. The average Bonchev–Trinajstić information content (AvgIpc) is 2.39. The van der Waals surface area contributed by atoms with Crippen LogP contribution in [0.4, 0.5) is 5.69 Å². The number of aromatic carboxylic acids is 1. The molecule has 0 fully saturated rings. The molecule has 0 bridgehead atoms. The average molecular weight is 297 g/mol. The number of amides is 1. The van der Waals surface area contributed by atoms with Gasteiger partial charge in [-0.25, -0.2) is 4.79 Å². The Morgan fingerprint density at radius 1 is 1.00 bits per heavy atom. The van der Waals surface area contributed by atoms with Gasteiger partial charge in [-0.3, -0.25) is 4.79 Å². The van der Waals surface area contributed by atoms with Gasteiger partial charge in [-0.1, -0.05) is 18.2 Å². The largest absolute Gasteiger partial charge is 0.507 e. The van der Waals surface area contributed by atoms with Crippen LogP contribution in [0.15, 0.2) is 48.5 Å². The Labute approximate surface area is 145 Å². The van der Waals surface area contributed by atoms with E-state index in [-0.39, 0.29) is 49.2 Å². The molecule has 1 amide bonds. The smallest absolute Gasteiger partial charge is 0.339 e. The van der Waals surface area contributed by atoms with Crippen LogP contribution in [-0.4, -0.2) is 59.8 Å². The summed E-state index contributed by atoms with van der Waals surface area (Å²) in [6.07, 6.45) is 0. The molecule has 0 atom stereocenters. The van der Waals surface area contributed by atoms with E-state index in [1.54, 1.807) is 30.3 Å². The van der Waals surface area contributed by atoms with Gasteiger partial charge in [0.1, 0.15) is 11.3 Å². The molecule has 0 saturated heterocycles. The number of phenols is 1. The molecule has 0 spiro atoms. The van der Waals surface area contributed by atoms with Gasteiger partial charge in [-0.2, -0.15) is 0 Å². The molecule has 0 aliphatic rings. The summed E-state index contributed by atoms with van der Waals surface area (Å²) in [6.45, 7) is 0. The number of anilines is 1. The van der Waals surface area contributed by atoms with Crippen molar-refractivity contribution in [3.05, 3.63) is 59.7 Å². The summed E-state index contributed by atoms with van der Waals surface area (Å²) in [5, 5.41) is 20.9. The predicted molar refractivity (Wildman–Crippen MR) is 75.2 cm³/mol. The summed E-state index contributed by atoms with van der Waals surface area (Å²) in [5.74, 6) is -1.94. The SMILES string of the molecule is O=C(Nc1ccc(C(=O)O)c(O)c1)c1ccccc1.[Ca]. The number of benzene rings is 2. The Morgan fingerprint density at radius 2 is 1.65 bits per heavy atom. The van der Waals surface area contributed by atoms with Gasteiger partial charge < -0.3 is 15.5 Å². The number of hydrogen-bond acceptors (Lipinski definition) is 3. The minimum Gasteiger partial charge on any atom is -0.507 e. The minimum atomic E-state index is -1.22. The van der Waals surface area contributed by atoms with Crippen LogP contribution >= 0.6 is 0 Å². The van der Waals surface area contributed by atoms with Crippen LogP contribution in [0.1, 0.15) is 20.7 Å². The number of carboxylic acids is 1. The fourth-order valence-electron chi connectivity index (χ4n) is 1.58. The number of aromatic hydroxyl groups is 1. The van der Waals surface area contributed by atoms with Crippen LogP contribution in [0.2, 0.25) is 0 Å². The van der Waals surface area contributed by atoms with Gasteiger partial charge in [0.05, 0.1) is 0 Å². The van der Waals surface area contributed by atoms with Crippen molar-refractivity contribution in [1.29, 1.82) is 0 Å². The van der Waals surface area contributed by atoms with E-state index < -0.39 is 11.7 Å². The van der Waals surface area contributed by atoms with Crippen molar-refractivity contribution >= 4 is 55.3 Å². The second-order valence-electron chi connectivity index (χ2n) is 3.86. The molecule has 2 aromatic rings. The van der Waals surface area contributed by atoms with Gasteiger partial charge in [0, 0.05) is 55.1 Å². The fourth-order valence-corrected chi connectivity index (χ4v) is 1.58. The number of carbonyl (C=O) groups is 2. The summed E-state index contributed by atoms with van der Waals surface area (Å²) in [5.41, 5.74) is 0.596. The standard InChI is InChI=1S/C14H11NO4.Ca/c16-12-8-10(6-7-11(12)14(18)19)15-13(17)9-4-2-1-3-5-9;/h1-8,16H,(H,15,17)(H,18,19);. The van der Waals surface area contributed by atoms with E-state index in [9.17, 15) is 14.7 Å². The molecule has 0 heterocycles. The van der Waals surface area contributed by atoms with Crippen molar-refractivity contribution in [3.63, 3.8) is 0 Å². The first kappa shape index (κ1) is 16.5. The maximum Gasteiger partial charge on any atom is 0.339 e. The maximum absolute atomic E-state index is 11.8. The summed E-state index contributed by atoms with van der Waals surface area (Å²) in [4.78, 5) is 22.6. The first-order valence-corrected chi connectivity index (χ1v) is 5.50. The molecule has 2 aromatic carbocycles. The van der Waals surface area contributed by atoms with Crippen molar-refractivity contribution in [3.8, 4) is 5.75 Å². The van der Waals surface area contributed by atoms with Crippen molar-refractivity contribution in [2.75, 3.05) is 5.32 Å². The molecule has 0 unspecified atom stereocenters. The molecule has 6 heteroatoms. The monoisotopic (exact) mass is 297 g/mol. The quantitative estimate of drug-likeness (QED) is 0.756.